The Morgan fingerprint density at radius 3 is 1.76 bits per heavy atom. The highest BCUT2D eigenvalue weighted by atomic mass is 16.4. The maximum atomic E-state index is 12.7. The molecule has 0 saturated carbocycles. The summed E-state index contributed by atoms with van der Waals surface area (Å²) >= 11 is 0. The van der Waals surface area contributed by atoms with Gasteiger partial charge in [0.1, 0.15) is 25.4 Å². The molecule has 0 unspecified atom stereocenters. The van der Waals surface area contributed by atoms with Crippen LogP contribution < -0.4 is 31.1 Å². The van der Waals surface area contributed by atoms with Gasteiger partial charge in [-0.25, -0.2) is 4.58 Å². The van der Waals surface area contributed by atoms with E-state index >= 15 is 0 Å². The van der Waals surface area contributed by atoms with Gasteiger partial charge in [-0.3, -0.25) is 19.4 Å². The zero-order chi connectivity index (χ0) is 54.2. The first-order valence-electron chi connectivity index (χ1n) is 26.1. The molecule has 1 heterocycles. The highest BCUT2D eigenvalue weighted by Crippen LogP contribution is 2.44. The van der Waals surface area contributed by atoms with Gasteiger partial charge in [-0.1, -0.05) is 98.1 Å². The fourth-order valence-corrected chi connectivity index (χ4v) is 10.3. The SMILES string of the molecule is C=C(C)C(=O)CCCCN(Cc1ccccc1B(O)O)Cc1c2ccccc2c(CN(CCCNC(=O)C(=C)C)Cc2ccccc2B(O)O)c2ccc(-c3c4ccc(=[N+](C)C)cc-4oc4cc(N(C)C)ccc34)cc12. The molecule has 0 atom stereocenters. The van der Waals surface area contributed by atoms with Crippen molar-refractivity contribution in [1.29, 1.82) is 0 Å². The molecule has 390 valence electrons. The molecule has 0 bridgehead atoms. The second-order valence-electron chi connectivity index (χ2n) is 20.5. The van der Waals surface area contributed by atoms with E-state index < -0.39 is 14.2 Å². The lowest BCUT2D eigenvalue weighted by Crippen LogP contribution is -2.36. The van der Waals surface area contributed by atoms with Gasteiger partial charge in [-0.15, -0.1) is 0 Å². The summed E-state index contributed by atoms with van der Waals surface area (Å²) in [5.41, 5.74) is 10.4. The standard InChI is InChI=1S/C62H69B2N5O7/c1-41(2)58(70)24-15-16-32-68(37-44-18-9-13-22-56(44)63(72)73)40-55-49-21-12-11-20-48(49)54(39-69(33-17-31-65-62(71)42(3)4)38-45-19-10-14-23-57(45)64(74)75)50-28-25-43(34-53(50)55)61-51-29-26-46(66(5)6)35-59(51)76-60-36-47(67(7)8)27-30-52(60)61/h9-14,18-23,25-30,34-36,72-75H,1,3,15-17,24,31-33,37-40H2,2,4-8H3/p+1. The monoisotopic (exact) mass is 1020 g/mol. The van der Waals surface area contributed by atoms with Gasteiger partial charge in [0.25, 0.3) is 0 Å². The smallest absolute Gasteiger partial charge is 0.456 e. The van der Waals surface area contributed by atoms with Crippen LogP contribution in [-0.2, 0) is 35.8 Å². The summed E-state index contributed by atoms with van der Waals surface area (Å²) in [5, 5.41) is 51.4. The average Bonchev–Trinajstić information content (AvgIpc) is 3.53. The maximum Gasteiger partial charge on any atom is 0.488 e. The van der Waals surface area contributed by atoms with Crippen molar-refractivity contribution in [2.45, 2.75) is 65.7 Å². The number of nitrogens with one attached hydrogen (secondary N) is 1. The van der Waals surface area contributed by atoms with Crippen molar-refractivity contribution in [3.8, 4) is 22.5 Å². The minimum atomic E-state index is -1.66. The Labute approximate surface area is 447 Å². The second-order valence-corrected chi connectivity index (χ2v) is 20.5. The number of nitrogens with zero attached hydrogens (tertiary/aromatic N) is 4. The van der Waals surface area contributed by atoms with Crippen LogP contribution in [0.3, 0.4) is 0 Å². The van der Waals surface area contributed by atoms with Crippen LogP contribution >= 0.6 is 0 Å². The van der Waals surface area contributed by atoms with Crippen LogP contribution in [0, 0.1) is 0 Å². The Bertz CT molecular complexity index is 3490. The molecule has 12 nitrogen and oxygen atoms in total. The number of Topliss-reactive ketones (excluding diaryl/α,β-unsaturated/α-hetero) is 1. The van der Waals surface area contributed by atoms with Crippen molar-refractivity contribution in [1.82, 2.24) is 19.7 Å². The molecule has 6 aromatic rings. The third-order valence-electron chi connectivity index (χ3n) is 14.4. The number of carbonyl (C=O) groups is 2. The summed E-state index contributed by atoms with van der Waals surface area (Å²) in [7, 11) is 4.77. The topological polar surface area (TPSA) is 153 Å². The number of carbonyl (C=O) groups excluding carboxylic acids is 2. The molecule has 14 heteroatoms. The van der Waals surface area contributed by atoms with Gasteiger partial charge < -0.3 is 34.7 Å². The van der Waals surface area contributed by atoms with Gasteiger partial charge in [-0.2, -0.15) is 0 Å². The number of amides is 1. The van der Waals surface area contributed by atoms with Gasteiger partial charge in [-0.05, 0) is 130 Å². The van der Waals surface area contributed by atoms with Crippen LogP contribution in [0.1, 0.15) is 61.8 Å². The van der Waals surface area contributed by atoms with E-state index in [1.807, 2.05) is 58.5 Å². The molecule has 0 saturated heterocycles. The molecule has 6 aromatic carbocycles. The van der Waals surface area contributed by atoms with E-state index in [0.717, 1.165) is 94.7 Å². The Morgan fingerprint density at radius 2 is 1.18 bits per heavy atom. The molecular weight excluding hydrogens is 948 g/mol. The van der Waals surface area contributed by atoms with Gasteiger partial charge in [0.15, 0.2) is 5.78 Å². The molecule has 1 aliphatic carbocycles. The van der Waals surface area contributed by atoms with Gasteiger partial charge >= 0.3 is 14.2 Å². The summed E-state index contributed by atoms with van der Waals surface area (Å²) in [5.74, 6) is 0.610. The first kappa shape index (κ1) is 55.1. The van der Waals surface area contributed by atoms with E-state index in [-0.39, 0.29) is 11.7 Å². The van der Waals surface area contributed by atoms with Crippen LogP contribution in [-0.4, -0.2) is 104 Å². The average molecular weight is 1020 g/mol. The van der Waals surface area contributed by atoms with E-state index in [2.05, 4.69) is 117 Å². The molecule has 0 radical (unpaired) electrons. The number of ketones is 1. The number of allylic oxidation sites excluding steroid dienone is 1. The Hall–Kier alpha value is -7.16. The molecule has 0 fully saturated rings. The van der Waals surface area contributed by atoms with Gasteiger partial charge in [0, 0.05) is 99.7 Å². The van der Waals surface area contributed by atoms with Crippen molar-refractivity contribution >= 4 is 75.1 Å². The van der Waals surface area contributed by atoms with Crippen LogP contribution in [0.2, 0.25) is 0 Å². The Morgan fingerprint density at radius 1 is 0.618 bits per heavy atom. The van der Waals surface area contributed by atoms with Crippen LogP contribution in [0.15, 0.2) is 156 Å². The number of rotatable bonds is 23. The molecule has 1 amide bonds. The Balaban J connectivity index is 1.36. The van der Waals surface area contributed by atoms with E-state index in [1.54, 1.807) is 32.0 Å². The van der Waals surface area contributed by atoms with Crippen molar-refractivity contribution in [3.05, 3.63) is 179 Å². The highest BCUT2D eigenvalue weighted by Gasteiger charge is 2.25. The molecule has 0 aromatic heterocycles. The third-order valence-corrected chi connectivity index (χ3v) is 14.4. The quantitative estimate of drug-likeness (QED) is 0.0145. The van der Waals surface area contributed by atoms with E-state index in [1.165, 1.54) is 0 Å². The third kappa shape index (κ3) is 12.7. The molecule has 1 aliphatic heterocycles. The largest absolute Gasteiger partial charge is 0.488 e. The zero-order valence-electron chi connectivity index (χ0n) is 44.8. The van der Waals surface area contributed by atoms with Crippen molar-refractivity contribution in [2.75, 3.05) is 52.7 Å². The summed E-state index contributed by atoms with van der Waals surface area (Å²) in [6.07, 6.45) is 2.42. The van der Waals surface area contributed by atoms with Gasteiger partial charge in [0.05, 0.1) is 6.07 Å². The first-order valence-corrected chi connectivity index (χ1v) is 26.1. The summed E-state index contributed by atoms with van der Waals surface area (Å²) in [4.78, 5) is 32.1. The molecule has 5 N–H and O–H groups in total. The molecular formula is C62H70B2N5O7+. The fraction of sp³-hybridized carbons (Fsp3) is 0.274. The first-order chi connectivity index (χ1) is 36.5. The van der Waals surface area contributed by atoms with Crippen LogP contribution in [0.4, 0.5) is 5.69 Å². The zero-order valence-corrected chi connectivity index (χ0v) is 44.8. The summed E-state index contributed by atoms with van der Waals surface area (Å²) in [6.45, 7) is 14.6. The number of anilines is 1. The highest BCUT2D eigenvalue weighted by molar-refractivity contribution is 6.59. The van der Waals surface area contributed by atoms with E-state index in [9.17, 15) is 29.7 Å². The lowest BCUT2D eigenvalue weighted by atomic mass is 9.77. The van der Waals surface area contributed by atoms with Crippen LogP contribution in [0.25, 0.3) is 55.0 Å². The molecule has 8 rings (SSSR count). The predicted molar refractivity (Wildman–Crippen MR) is 312 cm³/mol. The number of hydrogen-bond donors (Lipinski definition) is 5. The van der Waals surface area contributed by atoms with E-state index in [4.69, 9.17) is 4.42 Å². The molecule has 0 spiro atoms. The van der Waals surface area contributed by atoms with Crippen molar-refractivity contribution < 1.29 is 34.1 Å². The van der Waals surface area contributed by atoms with E-state index in [0.29, 0.717) is 87.1 Å². The van der Waals surface area contributed by atoms with Crippen molar-refractivity contribution in [2.24, 2.45) is 0 Å². The maximum absolute atomic E-state index is 12.7. The molecule has 76 heavy (non-hydrogen) atoms. The lowest BCUT2D eigenvalue weighted by Gasteiger charge is -2.29. The minimum absolute atomic E-state index is 0.0479. The number of benzene rings is 7. The summed E-state index contributed by atoms with van der Waals surface area (Å²) < 4.78 is 8.85. The van der Waals surface area contributed by atoms with Crippen molar-refractivity contribution in [3.63, 3.8) is 0 Å². The number of unbranched alkanes of at least 4 members (excludes halogenated alkanes) is 1. The molecule has 2 aliphatic rings. The number of hydrogen-bond acceptors (Lipinski definition) is 10. The predicted octanol–water partition coefficient (Wildman–Crippen LogP) is 7.37. The second kappa shape index (κ2) is 24.7. The Kier molecular flexibility index (Phi) is 17.9. The fourth-order valence-electron chi connectivity index (χ4n) is 10.3. The van der Waals surface area contributed by atoms with Gasteiger partial charge in [0.2, 0.25) is 11.3 Å². The number of fused-ring (bicyclic) bond motifs is 4. The lowest BCUT2D eigenvalue weighted by molar-refractivity contribution is -0.117. The minimum Gasteiger partial charge on any atom is -0.456 e. The van der Waals surface area contributed by atoms with Crippen LogP contribution in [0.5, 0.6) is 0 Å². The summed E-state index contributed by atoms with van der Waals surface area (Å²) in [6, 6.07) is 42.8. The normalized spacial score (nSPS) is 11.5.